The largest absolute Gasteiger partial charge is 0.416 e. The fraction of sp³-hybridized carbons (Fsp3) is 0.538. The van der Waals surface area contributed by atoms with Gasteiger partial charge in [0.25, 0.3) is 0 Å². The average Bonchev–Trinajstić information content (AvgIpc) is 2.38. The highest BCUT2D eigenvalue weighted by Gasteiger charge is 2.30. The first kappa shape index (κ1) is 16.9. The van der Waals surface area contributed by atoms with Gasteiger partial charge in [0.1, 0.15) is 5.82 Å². The predicted molar refractivity (Wildman–Crippen MR) is 67.9 cm³/mol. The van der Waals surface area contributed by atoms with Crippen molar-refractivity contribution in [1.29, 1.82) is 0 Å². The zero-order valence-electron chi connectivity index (χ0n) is 11.2. The van der Waals surface area contributed by atoms with Crippen molar-refractivity contribution in [2.24, 2.45) is 0 Å². The molecule has 1 rings (SSSR count). The SMILES string of the molecule is COCCNCCNCc1cc(C(F)(F)F)ccc1F. The van der Waals surface area contributed by atoms with E-state index < -0.39 is 17.6 Å². The third kappa shape index (κ3) is 5.85. The lowest BCUT2D eigenvalue weighted by Crippen LogP contribution is -2.29. The second-order valence-corrected chi connectivity index (χ2v) is 4.22. The summed E-state index contributed by atoms with van der Waals surface area (Å²) in [6, 6.07) is 2.42. The van der Waals surface area contributed by atoms with Crippen LogP contribution in [0, 0.1) is 5.82 Å². The van der Waals surface area contributed by atoms with Crippen molar-refractivity contribution in [1.82, 2.24) is 10.6 Å². The van der Waals surface area contributed by atoms with E-state index in [0.29, 0.717) is 26.2 Å². The van der Waals surface area contributed by atoms with Crippen LogP contribution in [-0.4, -0.2) is 33.4 Å². The number of methoxy groups -OCH3 is 1. The second-order valence-electron chi connectivity index (χ2n) is 4.22. The van der Waals surface area contributed by atoms with Gasteiger partial charge in [-0.3, -0.25) is 0 Å². The van der Waals surface area contributed by atoms with Crippen molar-refractivity contribution >= 4 is 0 Å². The molecule has 0 radical (unpaired) electrons. The Bertz CT molecular complexity index is 410. The van der Waals surface area contributed by atoms with Gasteiger partial charge in [-0.25, -0.2) is 4.39 Å². The molecule has 0 saturated heterocycles. The Morgan fingerprint density at radius 2 is 1.80 bits per heavy atom. The van der Waals surface area contributed by atoms with Crippen molar-refractivity contribution in [3.05, 3.63) is 35.1 Å². The fourth-order valence-corrected chi connectivity index (χ4v) is 1.59. The molecule has 0 aliphatic carbocycles. The number of hydrogen-bond donors (Lipinski definition) is 2. The van der Waals surface area contributed by atoms with Gasteiger partial charge in [0, 0.05) is 38.9 Å². The first-order valence-electron chi connectivity index (χ1n) is 6.21. The maximum absolute atomic E-state index is 13.4. The highest BCUT2D eigenvalue weighted by molar-refractivity contribution is 5.27. The Morgan fingerprint density at radius 1 is 1.10 bits per heavy atom. The molecule has 114 valence electrons. The van der Waals surface area contributed by atoms with Crippen molar-refractivity contribution < 1.29 is 22.3 Å². The van der Waals surface area contributed by atoms with Crippen molar-refractivity contribution in [3.8, 4) is 0 Å². The van der Waals surface area contributed by atoms with Gasteiger partial charge in [-0.2, -0.15) is 13.2 Å². The number of alkyl halides is 3. The van der Waals surface area contributed by atoms with E-state index in [0.717, 1.165) is 18.2 Å². The Kier molecular flexibility index (Phi) is 6.90. The lowest BCUT2D eigenvalue weighted by Gasteiger charge is -2.11. The molecular formula is C13H18F4N2O. The van der Waals surface area contributed by atoms with Gasteiger partial charge < -0.3 is 15.4 Å². The summed E-state index contributed by atoms with van der Waals surface area (Å²) in [6.07, 6.45) is -4.45. The van der Waals surface area contributed by atoms with E-state index in [1.807, 2.05) is 0 Å². The Morgan fingerprint density at radius 3 is 2.45 bits per heavy atom. The van der Waals surface area contributed by atoms with Crippen LogP contribution in [0.5, 0.6) is 0 Å². The van der Waals surface area contributed by atoms with Crippen LogP contribution >= 0.6 is 0 Å². The van der Waals surface area contributed by atoms with Crippen LogP contribution < -0.4 is 10.6 Å². The van der Waals surface area contributed by atoms with Gasteiger partial charge in [-0.1, -0.05) is 0 Å². The molecule has 0 aliphatic rings. The Hall–Kier alpha value is -1.18. The van der Waals surface area contributed by atoms with E-state index in [1.54, 1.807) is 7.11 Å². The summed E-state index contributed by atoms with van der Waals surface area (Å²) in [4.78, 5) is 0. The lowest BCUT2D eigenvalue weighted by molar-refractivity contribution is -0.137. The van der Waals surface area contributed by atoms with Crippen LogP contribution in [-0.2, 0) is 17.5 Å². The molecule has 0 fully saturated rings. The summed E-state index contributed by atoms with van der Waals surface area (Å²) in [7, 11) is 1.59. The van der Waals surface area contributed by atoms with Crippen molar-refractivity contribution in [2.75, 3.05) is 33.4 Å². The highest BCUT2D eigenvalue weighted by atomic mass is 19.4. The van der Waals surface area contributed by atoms with Gasteiger partial charge in [0.15, 0.2) is 0 Å². The molecule has 1 aromatic rings. The lowest BCUT2D eigenvalue weighted by atomic mass is 10.1. The molecule has 0 saturated carbocycles. The first-order valence-corrected chi connectivity index (χ1v) is 6.21. The summed E-state index contributed by atoms with van der Waals surface area (Å²) in [5.74, 6) is -0.641. The molecule has 0 bridgehead atoms. The molecule has 0 heterocycles. The van der Waals surface area contributed by atoms with Gasteiger partial charge in [0.2, 0.25) is 0 Å². The number of hydrogen-bond acceptors (Lipinski definition) is 3. The molecule has 0 unspecified atom stereocenters. The molecule has 0 atom stereocenters. The molecule has 0 aromatic heterocycles. The quantitative estimate of drug-likeness (QED) is 0.569. The molecule has 2 N–H and O–H groups in total. The second kappa shape index (κ2) is 8.18. The zero-order valence-corrected chi connectivity index (χ0v) is 11.2. The zero-order chi connectivity index (χ0) is 15.0. The standard InChI is InChI=1S/C13H18F4N2O/c1-20-7-6-18-4-5-19-9-10-8-11(13(15,16)17)2-3-12(10)14/h2-3,8,18-19H,4-7,9H2,1H3. The molecule has 1 aromatic carbocycles. The maximum Gasteiger partial charge on any atom is 0.416 e. The van der Waals surface area contributed by atoms with Crippen LogP contribution in [0.1, 0.15) is 11.1 Å². The van der Waals surface area contributed by atoms with Gasteiger partial charge in [-0.05, 0) is 18.2 Å². The summed E-state index contributed by atoms with van der Waals surface area (Å²) in [5.41, 5.74) is -0.828. The predicted octanol–water partition coefficient (Wildman–Crippen LogP) is 2.17. The highest BCUT2D eigenvalue weighted by Crippen LogP contribution is 2.30. The number of ether oxygens (including phenoxy) is 1. The van der Waals surface area contributed by atoms with E-state index in [-0.39, 0.29) is 12.1 Å². The third-order valence-electron chi connectivity index (χ3n) is 2.65. The van der Waals surface area contributed by atoms with Gasteiger partial charge >= 0.3 is 6.18 Å². The molecule has 7 heteroatoms. The van der Waals surface area contributed by atoms with Crippen LogP contribution in [0.4, 0.5) is 17.6 Å². The van der Waals surface area contributed by atoms with Crippen LogP contribution in [0.3, 0.4) is 0 Å². The molecule has 3 nitrogen and oxygen atoms in total. The number of benzene rings is 1. The Balaban J connectivity index is 2.40. The molecule has 0 spiro atoms. The van der Waals surface area contributed by atoms with Crippen molar-refractivity contribution in [3.63, 3.8) is 0 Å². The smallest absolute Gasteiger partial charge is 0.383 e. The number of halogens is 4. The summed E-state index contributed by atoms with van der Waals surface area (Å²) >= 11 is 0. The molecule has 20 heavy (non-hydrogen) atoms. The van der Waals surface area contributed by atoms with E-state index in [1.165, 1.54) is 0 Å². The summed E-state index contributed by atoms with van der Waals surface area (Å²) in [6.45, 7) is 2.49. The third-order valence-corrected chi connectivity index (χ3v) is 2.65. The monoisotopic (exact) mass is 294 g/mol. The average molecular weight is 294 g/mol. The summed E-state index contributed by atoms with van der Waals surface area (Å²) < 4.78 is 55.7. The first-order chi connectivity index (χ1) is 9.45. The van der Waals surface area contributed by atoms with E-state index in [4.69, 9.17) is 4.74 Å². The van der Waals surface area contributed by atoms with E-state index in [9.17, 15) is 17.6 Å². The van der Waals surface area contributed by atoms with Gasteiger partial charge in [0.05, 0.1) is 12.2 Å². The normalized spacial score (nSPS) is 11.8. The molecule has 0 aliphatic heterocycles. The van der Waals surface area contributed by atoms with E-state index >= 15 is 0 Å². The molecule has 0 amide bonds. The topological polar surface area (TPSA) is 33.3 Å². The summed E-state index contributed by atoms with van der Waals surface area (Å²) in [5, 5.41) is 5.95. The van der Waals surface area contributed by atoms with Crippen molar-refractivity contribution in [2.45, 2.75) is 12.7 Å². The van der Waals surface area contributed by atoms with Gasteiger partial charge in [-0.15, -0.1) is 0 Å². The number of rotatable bonds is 8. The fourth-order valence-electron chi connectivity index (χ4n) is 1.59. The van der Waals surface area contributed by atoms with Crippen LogP contribution in [0.2, 0.25) is 0 Å². The van der Waals surface area contributed by atoms with E-state index in [2.05, 4.69) is 10.6 Å². The number of nitrogens with one attached hydrogen (secondary N) is 2. The maximum atomic E-state index is 13.4. The minimum Gasteiger partial charge on any atom is -0.383 e. The minimum absolute atomic E-state index is 0.0108. The Labute approximate surface area is 115 Å². The van der Waals surface area contributed by atoms with Crippen LogP contribution in [0.25, 0.3) is 0 Å². The molecular weight excluding hydrogens is 276 g/mol. The minimum atomic E-state index is -4.45. The van der Waals surface area contributed by atoms with Crippen LogP contribution in [0.15, 0.2) is 18.2 Å².